The van der Waals surface area contributed by atoms with Crippen LogP contribution in [0, 0.1) is 38.2 Å². The number of hydrogen-bond acceptors (Lipinski definition) is 6. The number of amides is 1. The number of aryl methyl sites for hydroxylation is 2. The first-order valence-electron chi connectivity index (χ1n) is 14.2. The fourth-order valence-corrected chi connectivity index (χ4v) is 5.44. The van der Waals surface area contributed by atoms with Crippen LogP contribution in [-0.2, 0) is 22.5 Å². The van der Waals surface area contributed by atoms with Gasteiger partial charge in [-0.2, -0.15) is 5.10 Å². The van der Waals surface area contributed by atoms with E-state index in [2.05, 4.69) is 15.4 Å². The van der Waals surface area contributed by atoms with E-state index in [1.165, 1.54) is 25.1 Å². The summed E-state index contributed by atoms with van der Waals surface area (Å²) in [5, 5.41) is 17.1. The Bertz CT molecular complexity index is 1810. The number of nitrogens with zero attached hydrogens (tertiary/aromatic N) is 3. The Morgan fingerprint density at radius 2 is 1.86 bits per heavy atom. The highest BCUT2D eigenvalue weighted by Gasteiger charge is 2.36. The lowest BCUT2D eigenvalue weighted by atomic mass is 9.91. The zero-order valence-electron chi connectivity index (χ0n) is 25.3. The molecule has 0 unspecified atom stereocenters. The van der Waals surface area contributed by atoms with Crippen LogP contribution in [0.1, 0.15) is 77.3 Å². The van der Waals surface area contributed by atoms with Crippen LogP contribution in [0.2, 0.25) is 0 Å². The highest BCUT2D eigenvalue weighted by atomic mass is 19.1. The van der Waals surface area contributed by atoms with E-state index in [-0.39, 0.29) is 40.5 Å². The molecular formula is C32H33F3N4O5. The Balaban J connectivity index is 1.73. The fourth-order valence-electron chi connectivity index (χ4n) is 5.44. The highest BCUT2D eigenvalue weighted by Crippen LogP contribution is 2.42. The smallest absolute Gasteiger partial charge is 0.337 e. The Kier molecular flexibility index (Phi) is 8.15. The summed E-state index contributed by atoms with van der Waals surface area (Å²) in [6, 6.07) is 5.52. The first-order valence-corrected chi connectivity index (χ1v) is 14.2. The number of fused-ring (bicyclic) bond motifs is 2. The molecule has 2 aromatic heterocycles. The number of ether oxygens (including phenoxy) is 2. The standard InChI is InChI=1S/C32H33F3N4O5/c1-15-12-18(9-10-21(15)33)14-36-30(40)25-24(35)29-37-17(3)23(28(31(41)42)44-32(4,5)6)26(39(29)38-25)20-13-22(34)27-19(16(20)2)8-7-11-43-27/h9-10,12-13,28H,7-8,11,14H2,1-6H3,(H,36,40)(H,41,42)/t28-/m0/s1. The molecule has 2 N–H and O–H groups in total. The van der Waals surface area contributed by atoms with Crippen LogP contribution in [0.25, 0.3) is 16.9 Å². The van der Waals surface area contributed by atoms with Crippen LogP contribution in [0.4, 0.5) is 13.2 Å². The van der Waals surface area contributed by atoms with E-state index in [0.717, 1.165) is 4.52 Å². The molecule has 0 saturated carbocycles. The number of rotatable bonds is 7. The van der Waals surface area contributed by atoms with Gasteiger partial charge in [-0.05, 0) is 83.2 Å². The average Bonchev–Trinajstić information content (AvgIpc) is 3.28. The Hall–Kier alpha value is -4.45. The maximum Gasteiger partial charge on any atom is 0.337 e. The normalized spacial score (nSPS) is 13.8. The van der Waals surface area contributed by atoms with Gasteiger partial charge in [0.05, 0.1) is 17.9 Å². The fraction of sp³-hybridized carbons (Fsp3) is 0.375. The van der Waals surface area contributed by atoms with Crippen LogP contribution >= 0.6 is 0 Å². The molecule has 1 atom stereocenters. The lowest BCUT2D eigenvalue weighted by Crippen LogP contribution is -2.29. The van der Waals surface area contributed by atoms with Crippen molar-refractivity contribution in [2.75, 3.05) is 6.61 Å². The summed E-state index contributed by atoms with van der Waals surface area (Å²) in [5.41, 5.74) is 0.686. The van der Waals surface area contributed by atoms with Gasteiger partial charge in [0.2, 0.25) is 5.82 Å². The predicted octanol–water partition coefficient (Wildman–Crippen LogP) is 5.93. The molecule has 12 heteroatoms. The minimum absolute atomic E-state index is 0.0287. The number of carboxylic acids is 1. The van der Waals surface area contributed by atoms with E-state index in [9.17, 15) is 19.1 Å². The average molecular weight is 611 g/mol. The van der Waals surface area contributed by atoms with Gasteiger partial charge in [-0.15, -0.1) is 0 Å². The van der Waals surface area contributed by atoms with Gasteiger partial charge in [-0.3, -0.25) is 4.79 Å². The monoisotopic (exact) mass is 610 g/mol. The number of nitrogens with one attached hydrogen (secondary N) is 1. The largest absolute Gasteiger partial charge is 0.490 e. The first kappa shape index (κ1) is 31.0. The number of carboxylic acid groups (broad SMARTS) is 1. The number of aliphatic carboxylic acids is 1. The van der Waals surface area contributed by atoms with E-state index in [4.69, 9.17) is 9.47 Å². The van der Waals surface area contributed by atoms with Crippen molar-refractivity contribution < 1.29 is 37.3 Å². The van der Waals surface area contributed by atoms with Crippen molar-refractivity contribution in [2.45, 2.75) is 72.6 Å². The highest BCUT2D eigenvalue weighted by molar-refractivity contribution is 5.94. The molecule has 0 radical (unpaired) electrons. The SMILES string of the molecule is Cc1cc(CNC(=O)c2nn3c(-c4cc(F)c5c(c4C)CCCO5)c([C@H](OC(C)(C)C)C(=O)O)c(C)nc3c2F)ccc1F. The molecule has 44 heavy (non-hydrogen) atoms. The number of carbonyl (C=O) groups is 2. The first-order chi connectivity index (χ1) is 20.7. The van der Waals surface area contributed by atoms with Gasteiger partial charge < -0.3 is 19.9 Å². The molecule has 5 rings (SSSR count). The molecule has 1 amide bonds. The molecule has 1 aliphatic heterocycles. The summed E-state index contributed by atoms with van der Waals surface area (Å²) in [4.78, 5) is 30.2. The number of aromatic nitrogens is 3. The van der Waals surface area contributed by atoms with E-state index >= 15 is 8.78 Å². The molecule has 4 aromatic rings. The summed E-state index contributed by atoms with van der Waals surface area (Å²) < 4.78 is 57.7. The molecule has 0 fully saturated rings. The van der Waals surface area contributed by atoms with Gasteiger partial charge in [0.25, 0.3) is 5.91 Å². The molecule has 0 spiro atoms. The third-order valence-corrected chi connectivity index (χ3v) is 7.47. The van der Waals surface area contributed by atoms with Crippen molar-refractivity contribution in [3.05, 3.63) is 80.9 Å². The predicted molar refractivity (Wildman–Crippen MR) is 155 cm³/mol. The molecule has 0 saturated heterocycles. The van der Waals surface area contributed by atoms with E-state index < -0.39 is 46.7 Å². The van der Waals surface area contributed by atoms with Crippen LogP contribution in [-0.4, -0.2) is 43.8 Å². The van der Waals surface area contributed by atoms with Gasteiger partial charge in [0.15, 0.2) is 29.0 Å². The minimum atomic E-state index is -1.59. The molecule has 1 aliphatic rings. The van der Waals surface area contributed by atoms with Crippen molar-refractivity contribution in [1.82, 2.24) is 19.9 Å². The number of benzene rings is 2. The summed E-state index contributed by atoms with van der Waals surface area (Å²) in [5.74, 6) is -4.21. The summed E-state index contributed by atoms with van der Waals surface area (Å²) in [6.07, 6.45) is -0.435. The van der Waals surface area contributed by atoms with E-state index in [0.29, 0.717) is 41.7 Å². The maximum absolute atomic E-state index is 15.9. The third-order valence-electron chi connectivity index (χ3n) is 7.47. The van der Waals surface area contributed by atoms with Gasteiger partial charge >= 0.3 is 5.97 Å². The Morgan fingerprint density at radius 3 is 2.52 bits per heavy atom. The zero-order chi connectivity index (χ0) is 32.1. The molecule has 0 aliphatic carbocycles. The van der Waals surface area contributed by atoms with Gasteiger partial charge in [0, 0.05) is 28.9 Å². The van der Waals surface area contributed by atoms with Crippen LogP contribution < -0.4 is 10.1 Å². The van der Waals surface area contributed by atoms with E-state index in [1.807, 2.05) is 0 Å². The molecule has 232 valence electrons. The van der Waals surface area contributed by atoms with Crippen LogP contribution in [0.3, 0.4) is 0 Å². The van der Waals surface area contributed by atoms with Crippen molar-refractivity contribution >= 4 is 17.5 Å². The summed E-state index contributed by atoms with van der Waals surface area (Å²) in [6.45, 7) is 10.2. The third kappa shape index (κ3) is 5.73. The lowest BCUT2D eigenvalue weighted by Gasteiger charge is -2.28. The van der Waals surface area contributed by atoms with Crippen molar-refractivity contribution in [2.24, 2.45) is 0 Å². The van der Waals surface area contributed by atoms with E-state index in [1.54, 1.807) is 40.7 Å². The lowest BCUT2D eigenvalue weighted by molar-refractivity contribution is -0.160. The molecule has 2 aromatic carbocycles. The zero-order valence-corrected chi connectivity index (χ0v) is 25.3. The van der Waals surface area contributed by atoms with Gasteiger partial charge in [-0.1, -0.05) is 12.1 Å². The summed E-state index contributed by atoms with van der Waals surface area (Å²) in [7, 11) is 0. The topological polar surface area (TPSA) is 115 Å². The van der Waals surface area contributed by atoms with Gasteiger partial charge in [0.1, 0.15) is 5.82 Å². The van der Waals surface area contributed by atoms with Crippen molar-refractivity contribution in [3.63, 3.8) is 0 Å². The molecule has 0 bridgehead atoms. The van der Waals surface area contributed by atoms with Crippen LogP contribution in [0.5, 0.6) is 5.75 Å². The number of halogens is 3. The second kappa shape index (κ2) is 11.6. The van der Waals surface area contributed by atoms with Crippen molar-refractivity contribution in [3.8, 4) is 17.0 Å². The van der Waals surface area contributed by atoms with Crippen molar-refractivity contribution in [1.29, 1.82) is 0 Å². The van der Waals surface area contributed by atoms with Gasteiger partial charge in [-0.25, -0.2) is 27.5 Å². The Labute approximate surface area is 252 Å². The second-order valence-corrected chi connectivity index (χ2v) is 11.9. The number of carbonyl (C=O) groups excluding carboxylic acids is 1. The summed E-state index contributed by atoms with van der Waals surface area (Å²) >= 11 is 0. The molecule has 3 heterocycles. The quantitative estimate of drug-likeness (QED) is 0.266. The maximum atomic E-state index is 15.9. The molecular weight excluding hydrogens is 577 g/mol. The second-order valence-electron chi connectivity index (χ2n) is 11.9. The Morgan fingerprint density at radius 1 is 1.14 bits per heavy atom. The minimum Gasteiger partial charge on any atom is -0.490 e. The number of hydrogen-bond donors (Lipinski definition) is 2. The molecule has 9 nitrogen and oxygen atoms in total. The van der Waals surface area contributed by atoms with Crippen LogP contribution in [0.15, 0.2) is 24.3 Å².